The molecular weight excluding hydrogens is 232 g/mol. The summed E-state index contributed by atoms with van der Waals surface area (Å²) in [5.41, 5.74) is 6.09. The van der Waals surface area contributed by atoms with Crippen molar-refractivity contribution in [1.29, 1.82) is 0 Å². The molecule has 3 N–H and O–H groups in total. The molecule has 5 heteroatoms. The molecule has 18 heavy (non-hydrogen) atoms. The van der Waals surface area contributed by atoms with Crippen LogP contribution in [0, 0.1) is 0 Å². The van der Waals surface area contributed by atoms with E-state index in [1.807, 2.05) is 0 Å². The highest BCUT2D eigenvalue weighted by Gasteiger charge is 2.38. The lowest BCUT2D eigenvalue weighted by atomic mass is 10.0. The van der Waals surface area contributed by atoms with Gasteiger partial charge in [-0.3, -0.25) is 4.79 Å². The first-order chi connectivity index (χ1) is 8.55. The Morgan fingerprint density at radius 2 is 2.33 bits per heavy atom. The summed E-state index contributed by atoms with van der Waals surface area (Å²) < 4.78 is 10.7. The molecule has 1 aromatic carbocycles. The van der Waals surface area contributed by atoms with Crippen molar-refractivity contribution in [3.63, 3.8) is 0 Å². The lowest BCUT2D eigenvalue weighted by molar-refractivity contribution is -0.133. The molecule has 0 spiro atoms. The van der Waals surface area contributed by atoms with Gasteiger partial charge in [-0.25, -0.2) is 0 Å². The maximum atomic E-state index is 12.2. The van der Waals surface area contributed by atoms with E-state index in [0.717, 1.165) is 12.8 Å². The van der Waals surface area contributed by atoms with Gasteiger partial charge in [0.05, 0.1) is 12.8 Å². The first-order valence-electron chi connectivity index (χ1n) is 5.94. The second-order valence-electron chi connectivity index (χ2n) is 4.60. The topological polar surface area (TPSA) is 73.6 Å². The van der Waals surface area contributed by atoms with Crippen LogP contribution in [0.3, 0.4) is 0 Å². The molecule has 0 radical (unpaired) electrons. The molecule has 98 valence electrons. The fourth-order valence-electron chi connectivity index (χ4n) is 2.04. The predicted molar refractivity (Wildman–Crippen MR) is 69.6 cm³/mol. The zero-order valence-corrected chi connectivity index (χ0v) is 10.7. The Morgan fingerprint density at radius 1 is 1.56 bits per heavy atom. The third-order valence-electron chi connectivity index (χ3n) is 3.17. The Balaban J connectivity index is 2.18. The van der Waals surface area contributed by atoms with Gasteiger partial charge in [0, 0.05) is 12.3 Å². The van der Waals surface area contributed by atoms with Gasteiger partial charge in [0.15, 0.2) is 0 Å². The number of methoxy groups -OCH3 is 1. The summed E-state index contributed by atoms with van der Waals surface area (Å²) in [5, 5.41) is 2.82. The van der Waals surface area contributed by atoms with E-state index < -0.39 is 5.60 Å². The number of anilines is 2. The molecule has 0 bridgehead atoms. The van der Waals surface area contributed by atoms with Gasteiger partial charge in [-0.2, -0.15) is 0 Å². The van der Waals surface area contributed by atoms with Crippen LogP contribution in [0.5, 0.6) is 5.75 Å². The van der Waals surface area contributed by atoms with Gasteiger partial charge < -0.3 is 20.5 Å². The smallest absolute Gasteiger partial charge is 0.256 e. The highest BCUT2D eigenvalue weighted by atomic mass is 16.5. The van der Waals surface area contributed by atoms with Gasteiger partial charge in [0.1, 0.15) is 11.4 Å². The molecule has 1 fully saturated rings. The van der Waals surface area contributed by atoms with E-state index in [1.165, 1.54) is 0 Å². The van der Waals surface area contributed by atoms with Crippen molar-refractivity contribution in [3.8, 4) is 5.75 Å². The van der Waals surface area contributed by atoms with Gasteiger partial charge in [-0.1, -0.05) is 0 Å². The predicted octanol–water partition coefficient (Wildman–Crippen LogP) is 1.78. The average Bonchev–Trinajstić information content (AvgIpc) is 2.78. The van der Waals surface area contributed by atoms with Crippen LogP contribution in [0.15, 0.2) is 18.2 Å². The van der Waals surface area contributed by atoms with Crippen LogP contribution in [0.4, 0.5) is 11.4 Å². The fourth-order valence-corrected chi connectivity index (χ4v) is 2.04. The average molecular weight is 250 g/mol. The maximum Gasteiger partial charge on any atom is 0.256 e. The summed E-state index contributed by atoms with van der Waals surface area (Å²) in [4.78, 5) is 12.2. The van der Waals surface area contributed by atoms with Crippen LogP contribution in [0.2, 0.25) is 0 Å². The summed E-state index contributed by atoms with van der Waals surface area (Å²) >= 11 is 0. The Labute approximate surface area is 106 Å². The Hall–Kier alpha value is -1.75. The number of hydrogen-bond donors (Lipinski definition) is 2. The largest absolute Gasteiger partial charge is 0.495 e. The number of nitrogens with one attached hydrogen (secondary N) is 1. The van der Waals surface area contributed by atoms with E-state index in [4.69, 9.17) is 15.2 Å². The van der Waals surface area contributed by atoms with Crippen molar-refractivity contribution < 1.29 is 14.3 Å². The molecule has 0 aromatic heterocycles. The molecule has 1 saturated heterocycles. The van der Waals surface area contributed by atoms with Crippen molar-refractivity contribution in [1.82, 2.24) is 0 Å². The number of carbonyl (C=O) groups excluding carboxylic acids is 1. The Kier molecular flexibility index (Phi) is 3.43. The van der Waals surface area contributed by atoms with Gasteiger partial charge in [0.2, 0.25) is 0 Å². The number of rotatable bonds is 3. The van der Waals surface area contributed by atoms with E-state index in [-0.39, 0.29) is 5.91 Å². The zero-order valence-electron chi connectivity index (χ0n) is 10.7. The number of nitrogens with two attached hydrogens (primary N) is 1. The van der Waals surface area contributed by atoms with Crippen molar-refractivity contribution in [2.75, 3.05) is 24.8 Å². The van der Waals surface area contributed by atoms with E-state index in [0.29, 0.717) is 23.7 Å². The Morgan fingerprint density at radius 3 is 2.94 bits per heavy atom. The third-order valence-corrected chi connectivity index (χ3v) is 3.17. The van der Waals surface area contributed by atoms with Crippen LogP contribution in [-0.2, 0) is 9.53 Å². The Bertz CT molecular complexity index is 454. The summed E-state index contributed by atoms with van der Waals surface area (Å²) in [6.07, 6.45) is 1.63. The lowest BCUT2D eigenvalue weighted by Crippen LogP contribution is -2.39. The van der Waals surface area contributed by atoms with Gasteiger partial charge >= 0.3 is 0 Å². The summed E-state index contributed by atoms with van der Waals surface area (Å²) in [6.45, 7) is 2.42. The SMILES string of the molecule is COc1ccc(N)cc1NC(=O)C1(C)CCCO1. The van der Waals surface area contributed by atoms with Gasteiger partial charge in [0.25, 0.3) is 5.91 Å². The molecule has 5 nitrogen and oxygen atoms in total. The van der Waals surface area contributed by atoms with E-state index in [2.05, 4.69) is 5.32 Å². The minimum absolute atomic E-state index is 0.163. The summed E-state index contributed by atoms with van der Waals surface area (Å²) in [5.74, 6) is 0.419. The molecule has 2 rings (SSSR count). The highest BCUT2D eigenvalue weighted by molar-refractivity contribution is 5.98. The second-order valence-corrected chi connectivity index (χ2v) is 4.60. The molecule has 1 amide bonds. The maximum absolute atomic E-state index is 12.2. The quantitative estimate of drug-likeness (QED) is 0.802. The van der Waals surface area contributed by atoms with Gasteiger partial charge in [-0.15, -0.1) is 0 Å². The first-order valence-corrected chi connectivity index (χ1v) is 5.94. The molecular formula is C13H18N2O3. The molecule has 0 saturated carbocycles. The number of nitrogen functional groups attached to an aromatic ring is 1. The number of benzene rings is 1. The van der Waals surface area contributed by atoms with E-state index in [1.54, 1.807) is 32.2 Å². The number of ether oxygens (including phenoxy) is 2. The van der Waals surface area contributed by atoms with E-state index in [9.17, 15) is 4.79 Å². The van der Waals surface area contributed by atoms with Crippen molar-refractivity contribution in [2.45, 2.75) is 25.4 Å². The number of carbonyl (C=O) groups is 1. The van der Waals surface area contributed by atoms with Crippen LogP contribution < -0.4 is 15.8 Å². The third kappa shape index (κ3) is 2.41. The second kappa shape index (κ2) is 4.86. The number of hydrogen-bond acceptors (Lipinski definition) is 4. The molecule has 1 aromatic rings. The van der Waals surface area contributed by atoms with Crippen molar-refractivity contribution in [2.24, 2.45) is 0 Å². The van der Waals surface area contributed by atoms with Gasteiger partial charge in [-0.05, 0) is 38.0 Å². The van der Waals surface area contributed by atoms with Crippen LogP contribution in [0.25, 0.3) is 0 Å². The normalized spacial score (nSPS) is 22.8. The standard InChI is InChI=1S/C13H18N2O3/c1-13(6-3-7-18-13)12(16)15-10-8-9(14)4-5-11(10)17-2/h4-5,8H,3,6-7,14H2,1-2H3,(H,15,16). The molecule has 1 atom stereocenters. The van der Waals surface area contributed by atoms with Crippen LogP contribution in [0.1, 0.15) is 19.8 Å². The first kappa shape index (κ1) is 12.7. The monoisotopic (exact) mass is 250 g/mol. The fraction of sp³-hybridized carbons (Fsp3) is 0.462. The van der Waals surface area contributed by atoms with E-state index >= 15 is 0 Å². The highest BCUT2D eigenvalue weighted by Crippen LogP contribution is 2.30. The summed E-state index contributed by atoms with van der Waals surface area (Å²) in [7, 11) is 1.55. The minimum atomic E-state index is -0.754. The number of amides is 1. The van der Waals surface area contributed by atoms with Crippen molar-refractivity contribution in [3.05, 3.63) is 18.2 Å². The zero-order chi connectivity index (χ0) is 13.2. The molecule has 1 aliphatic rings. The van der Waals surface area contributed by atoms with Crippen LogP contribution >= 0.6 is 0 Å². The molecule has 1 unspecified atom stereocenters. The molecule has 1 heterocycles. The summed E-state index contributed by atoms with van der Waals surface area (Å²) in [6, 6.07) is 5.13. The molecule has 0 aliphatic carbocycles. The lowest BCUT2D eigenvalue weighted by Gasteiger charge is -2.22. The molecule has 1 aliphatic heterocycles. The minimum Gasteiger partial charge on any atom is -0.495 e. The van der Waals surface area contributed by atoms with Crippen LogP contribution in [-0.4, -0.2) is 25.2 Å². The van der Waals surface area contributed by atoms with Crippen molar-refractivity contribution >= 4 is 17.3 Å².